The third-order valence-corrected chi connectivity index (χ3v) is 2.41. The second-order valence-electron chi connectivity index (χ2n) is 1.44. The summed E-state index contributed by atoms with van der Waals surface area (Å²) in [6, 6.07) is 0. The molecule has 1 fully saturated rings. The molecule has 0 bridgehead atoms. The fraction of sp³-hybridized carbons (Fsp3) is 1.00. The van der Waals surface area contributed by atoms with Crippen LogP contribution in [0.5, 0.6) is 0 Å². The molecule has 5 heavy (non-hydrogen) atoms. The van der Waals surface area contributed by atoms with Crippen LogP contribution in [0.25, 0.3) is 0 Å². The Morgan fingerprint density at radius 1 is 1.40 bits per heavy atom. The molecule has 0 amide bonds. The molecule has 0 spiro atoms. The van der Waals surface area contributed by atoms with Gasteiger partial charge in [0.25, 0.3) is 0 Å². The molecule has 1 aliphatic rings. The van der Waals surface area contributed by atoms with E-state index in [0.717, 1.165) is 0 Å². The molecule has 0 saturated heterocycles. The standard InChI is InChI=1S/C3H5.BrH.Zn/c1-2-3-1;;/h1H,2-3H2;1H;/q;;+1/p-1. The summed E-state index contributed by atoms with van der Waals surface area (Å²) >= 11 is 1.54. The van der Waals surface area contributed by atoms with E-state index in [-0.39, 0.29) is 17.0 Å². The molecule has 0 unspecified atom stereocenters. The Kier molecular flexibility index (Phi) is 2.82. The number of hydrogen-bond donors (Lipinski definition) is 0. The normalized spacial score (nSPS) is 21.2. The molecule has 0 atom stereocenters. The molecule has 26 valence electrons. The fourth-order valence-corrected chi connectivity index (χ4v) is 0.612. The molecule has 1 rings (SSSR count). The first kappa shape index (κ1) is 6.10. The van der Waals surface area contributed by atoms with Gasteiger partial charge in [-0.3, -0.25) is 0 Å². The minimum absolute atomic E-state index is 0. The van der Waals surface area contributed by atoms with Crippen molar-refractivity contribution in [1.29, 1.82) is 0 Å². The Balaban J connectivity index is 0.000000160. The van der Waals surface area contributed by atoms with E-state index in [2.05, 4.69) is 0 Å². The molecular formula is C3H5BrZn. The summed E-state index contributed by atoms with van der Waals surface area (Å²) in [7, 11) is 0. The monoisotopic (exact) mass is 184 g/mol. The van der Waals surface area contributed by atoms with Crippen LogP contribution in [0, 0.1) is 0 Å². The van der Waals surface area contributed by atoms with Crippen LogP contribution in [-0.4, -0.2) is 0 Å². The van der Waals surface area contributed by atoms with Gasteiger partial charge >= 0.3 is 35.7 Å². The molecule has 0 aromatic heterocycles. The second kappa shape index (κ2) is 2.31. The van der Waals surface area contributed by atoms with E-state index in [1.165, 1.54) is 4.51 Å². The van der Waals surface area contributed by atoms with E-state index in [4.69, 9.17) is 0 Å². The van der Waals surface area contributed by atoms with Crippen LogP contribution in [0.2, 0.25) is 4.51 Å². The van der Waals surface area contributed by atoms with E-state index in [1.807, 2.05) is 0 Å². The number of halogens is 1. The van der Waals surface area contributed by atoms with Gasteiger partial charge < -0.3 is 17.0 Å². The van der Waals surface area contributed by atoms with E-state index in [9.17, 15) is 0 Å². The summed E-state index contributed by atoms with van der Waals surface area (Å²) in [6.45, 7) is 0. The van der Waals surface area contributed by atoms with E-state index >= 15 is 0 Å². The summed E-state index contributed by atoms with van der Waals surface area (Å²) in [4.78, 5) is 0. The minimum atomic E-state index is 0. The van der Waals surface area contributed by atoms with Gasteiger partial charge in [0.15, 0.2) is 0 Å². The molecule has 2 heteroatoms. The summed E-state index contributed by atoms with van der Waals surface area (Å²) in [5.41, 5.74) is 0. The van der Waals surface area contributed by atoms with Crippen molar-refractivity contribution in [2.24, 2.45) is 0 Å². The zero-order valence-electron chi connectivity index (χ0n) is 3.08. The van der Waals surface area contributed by atoms with Gasteiger partial charge in [-0.25, -0.2) is 0 Å². The van der Waals surface area contributed by atoms with Gasteiger partial charge in [-0.2, -0.15) is 0 Å². The van der Waals surface area contributed by atoms with Crippen molar-refractivity contribution >= 4 is 0 Å². The molecular weight excluding hydrogens is 181 g/mol. The van der Waals surface area contributed by atoms with E-state index in [0.29, 0.717) is 0 Å². The Bertz CT molecular complexity index is 26.1. The van der Waals surface area contributed by atoms with E-state index in [1.54, 1.807) is 31.1 Å². The van der Waals surface area contributed by atoms with Crippen LogP contribution in [0.15, 0.2) is 0 Å². The third kappa shape index (κ3) is 2.92. The van der Waals surface area contributed by atoms with Gasteiger partial charge in [0.05, 0.1) is 0 Å². The Hall–Kier alpha value is 1.10. The van der Waals surface area contributed by atoms with Gasteiger partial charge in [-0.15, -0.1) is 0 Å². The van der Waals surface area contributed by atoms with Gasteiger partial charge in [0, 0.05) is 0 Å². The predicted octanol–water partition coefficient (Wildman–Crippen LogP) is -1.88. The first-order chi connectivity index (χ1) is 1.89. The first-order valence-corrected chi connectivity index (χ1v) is 3.44. The molecule has 1 saturated carbocycles. The van der Waals surface area contributed by atoms with E-state index < -0.39 is 0 Å². The van der Waals surface area contributed by atoms with Crippen LogP contribution in [-0.2, 0) is 18.3 Å². The summed E-state index contributed by atoms with van der Waals surface area (Å²) < 4.78 is 1.21. The SMILES string of the molecule is [Br-].[Zn+][CH]1CC1. The Morgan fingerprint density at radius 3 is 1.60 bits per heavy atom. The van der Waals surface area contributed by atoms with Gasteiger partial charge in [0.2, 0.25) is 0 Å². The van der Waals surface area contributed by atoms with Crippen molar-refractivity contribution in [2.75, 3.05) is 0 Å². The average Bonchev–Trinajstić information content (AvgIpc) is 1.75. The zero-order chi connectivity index (χ0) is 2.99. The topological polar surface area (TPSA) is 0 Å². The fourth-order valence-electron chi connectivity index (χ4n) is 0.118. The van der Waals surface area contributed by atoms with Crippen LogP contribution in [0.4, 0.5) is 0 Å². The van der Waals surface area contributed by atoms with Gasteiger partial charge in [-0.05, 0) is 0 Å². The summed E-state index contributed by atoms with van der Waals surface area (Å²) in [5, 5.41) is 0. The molecule has 0 nitrogen and oxygen atoms in total. The van der Waals surface area contributed by atoms with Crippen molar-refractivity contribution in [2.45, 2.75) is 17.4 Å². The maximum absolute atomic E-state index is 1.54. The van der Waals surface area contributed by atoms with Crippen molar-refractivity contribution < 1.29 is 35.3 Å². The molecule has 0 aromatic rings. The van der Waals surface area contributed by atoms with Crippen molar-refractivity contribution in [3.05, 3.63) is 0 Å². The van der Waals surface area contributed by atoms with Crippen LogP contribution in [0.3, 0.4) is 0 Å². The van der Waals surface area contributed by atoms with Crippen LogP contribution >= 0.6 is 0 Å². The number of rotatable bonds is 0. The van der Waals surface area contributed by atoms with Crippen LogP contribution < -0.4 is 17.0 Å². The van der Waals surface area contributed by atoms with Crippen molar-refractivity contribution in [3.63, 3.8) is 0 Å². The quantitative estimate of drug-likeness (QED) is 0.389. The predicted molar refractivity (Wildman–Crippen MR) is 13.0 cm³/mol. The Morgan fingerprint density at radius 2 is 1.60 bits per heavy atom. The van der Waals surface area contributed by atoms with Gasteiger partial charge in [0.1, 0.15) is 0 Å². The number of hydrogen-bond acceptors (Lipinski definition) is 0. The summed E-state index contributed by atoms with van der Waals surface area (Å²) in [5.74, 6) is 0. The maximum atomic E-state index is 1.54. The van der Waals surface area contributed by atoms with Crippen molar-refractivity contribution in [3.8, 4) is 0 Å². The molecule has 1 aliphatic carbocycles. The molecule has 0 radical (unpaired) electrons. The third-order valence-electron chi connectivity index (χ3n) is 0.697. The molecule has 0 heterocycles. The molecule has 0 aliphatic heterocycles. The Labute approximate surface area is 52.8 Å². The van der Waals surface area contributed by atoms with Gasteiger partial charge in [-0.1, -0.05) is 0 Å². The molecule has 0 aromatic carbocycles. The molecule has 0 N–H and O–H groups in total. The summed E-state index contributed by atoms with van der Waals surface area (Å²) in [6.07, 6.45) is 3.08. The van der Waals surface area contributed by atoms with Crippen LogP contribution in [0.1, 0.15) is 12.8 Å². The first-order valence-electron chi connectivity index (χ1n) is 1.72. The average molecular weight is 186 g/mol. The second-order valence-corrected chi connectivity index (χ2v) is 3.87. The van der Waals surface area contributed by atoms with Crippen molar-refractivity contribution in [1.82, 2.24) is 0 Å². The zero-order valence-corrected chi connectivity index (χ0v) is 7.63.